The molecular weight excluding hydrogens is 631 g/mol. The highest BCUT2D eigenvalue weighted by molar-refractivity contribution is 6.10. The Bertz CT molecular complexity index is 2650. The summed E-state index contributed by atoms with van der Waals surface area (Å²) in [5.74, 6) is 1.80. The average Bonchev–Trinajstić information content (AvgIpc) is 3.22. The van der Waals surface area contributed by atoms with Crippen molar-refractivity contribution in [3.8, 4) is 56.0 Å². The highest BCUT2D eigenvalue weighted by atomic mass is 16.5. The summed E-state index contributed by atoms with van der Waals surface area (Å²) in [6, 6.07) is 63.4. The Morgan fingerprint density at radius 2 is 1.15 bits per heavy atom. The first-order valence-corrected chi connectivity index (χ1v) is 18.1. The lowest BCUT2D eigenvalue weighted by Crippen LogP contribution is -2.11. The number of hydrogen-bond donors (Lipinski definition) is 0. The number of hydrogen-bond acceptors (Lipinski definition) is 2. The lowest BCUT2D eigenvalue weighted by atomic mass is 9.89. The van der Waals surface area contributed by atoms with Crippen LogP contribution in [0.3, 0.4) is 0 Å². The topological polar surface area (TPSA) is 12.5 Å². The standard InChI is InChI=1S/C50H35NO/c1-2-13-34(14-3-1)35-27-29-38(30-28-35)51(47-25-8-6-20-43(47)42-22-11-16-36-15-4-5-19-40(36)42)39-18-10-17-37(33-39)41-31-32-49-50-45(41)23-12-24-46(50)44-21-7-9-26-48(44)52-49/h1-3,5-14,16-33H,4,15H2. The fourth-order valence-corrected chi connectivity index (χ4v) is 8.10. The van der Waals surface area contributed by atoms with Crippen molar-refractivity contribution in [2.24, 2.45) is 0 Å². The van der Waals surface area contributed by atoms with Gasteiger partial charge in [0.05, 0.1) is 5.69 Å². The number of benzene rings is 8. The molecule has 0 radical (unpaired) electrons. The number of allylic oxidation sites excluding steroid dienone is 1. The molecule has 1 aliphatic carbocycles. The van der Waals surface area contributed by atoms with Gasteiger partial charge >= 0.3 is 0 Å². The monoisotopic (exact) mass is 665 g/mol. The minimum Gasteiger partial charge on any atom is -0.456 e. The van der Waals surface area contributed by atoms with Gasteiger partial charge in [0.15, 0.2) is 0 Å². The zero-order valence-corrected chi connectivity index (χ0v) is 28.7. The van der Waals surface area contributed by atoms with Crippen LogP contribution in [-0.2, 0) is 6.42 Å². The van der Waals surface area contributed by atoms with Gasteiger partial charge in [-0.1, -0.05) is 146 Å². The van der Waals surface area contributed by atoms with E-state index in [1.807, 2.05) is 6.07 Å². The first-order chi connectivity index (χ1) is 25.8. The van der Waals surface area contributed by atoms with Gasteiger partial charge in [-0.3, -0.25) is 0 Å². The second kappa shape index (κ2) is 12.6. The number of para-hydroxylation sites is 2. The van der Waals surface area contributed by atoms with E-state index in [0.29, 0.717) is 0 Å². The van der Waals surface area contributed by atoms with Crippen molar-refractivity contribution >= 4 is 33.9 Å². The van der Waals surface area contributed by atoms with Crippen LogP contribution in [0.1, 0.15) is 17.5 Å². The van der Waals surface area contributed by atoms with E-state index in [2.05, 4.69) is 187 Å². The molecule has 0 saturated carbocycles. The number of aryl methyl sites for hydroxylation is 1. The molecule has 8 aromatic carbocycles. The Balaban J connectivity index is 1.15. The molecule has 246 valence electrons. The molecule has 10 rings (SSSR count). The molecule has 52 heavy (non-hydrogen) atoms. The van der Waals surface area contributed by atoms with Crippen molar-refractivity contribution < 1.29 is 4.74 Å². The van der Waals surface area contributed by atoms with Crippen molar-refractivity contribution in [2.45, 2.75) is 12.8 Å². The first kappa shape index (κ1) is 30.2. The lowest BCUT2D eigenvalue weighted by Gasteiger charge is -2.29. The van der Waals surface area contributed by atoms with Crippen molar-refractivity contribution in [3.63, 3.8) is 0 Å². The molecule has 0 N–H and O–H groups in total. The van der Waals surface area contributed by atoms with Gasteiger partial charge in [0.25, 0.3) is 0 Å². The zero-order valence-electron chi connectivity index (χ0n) is 28.7. The van der Waals surface area contributed by atoms with E-state index in [-0.39, 0.29) is 0 Å². The molecule has 2 aliphatic rings. The summed E-state index contributed by atoms with van der Waals surface area (Å²) in [5, 5.41) is 2.34. The number of anilines is 3. The highest BCUT2D eigenvalue weighted by Gasteiger charge is 2.23. The van der Waals surface area contributed by atoms with Gasteiger partial charge in [-0.05, 0) is 105 Å². The summed E-state index contributed by atoms with van der Waals surface area (Å²) in [6.07, 6.45) is 6.77. The Morgan fingerprint density at radius 1 is 0.442 bits per heavy atom. The summed E-state index contributed by atoms with van der Waals surface area (Å²) < 4.78 is 6.44. The van der Waals surface area contributed by atoms with E-state index < -0.39 is 0 Å². The van der Waals surface area contributed by atoms with Crippen LogP contribution in [0.5, 0.6) is 11.5 Å². The highest BCUT2D eigenvalue weighted by Crippen LogP contribution is 2.49. The number of ether oxygens (including phenoxy) is 1. The van der Waals surface area contributed by atoms with Gasteiger partial charge in [-0.15, -0.1) is 0 Å². The molecule has 2 heteroatoms. The molecule has 0 atom stereocenters. The molecule has 0 unspecified atom stereocenters. The van der Waals surface area contributed by atoms with E-state index >= 15 is 0 Å². The Kier molecular flexibility index (Phi) is 7.32. The van der Waals surface area contributed by atoms with Gasteiger partial charge in [0.2, 0.25) is 0 Å². The average molecular weight is 666 g/mol. The molecule has 1 aliphatic heterocycles. The van der Waals surface area contributed by atoms with Crippen LogP contribution in [0.25, 0.3) is 61.4 Å². The number of fused-ring (bicyclic) bond motifs is 3. The normalized spacial score (nSPS) is 12.5. The predicted molar refractivity (Wildman–Crippen MR) is 218 cm³/mol. The zero-order chi connectivity index (χ0) is 34.4. The van der Waals surface area contributed by atoms with Crippen LogP contribution in [0.4, 0.5) is 17.1 Å². The summed E-state index contributed by atoms with van der Waals surface area (Å²) in [6.45, 7) is 0. The minimum absolute atomic E-state index is 0.901. The summed E-state index contributed by atoms with van der Waals surface area (Å²) in [5.41, 5.74) is 15.6. The Morgan fingerprint density at radius 3 is 2.06 bits per heavy atom. The van der Waals surface area contributed by atoms with Gasteiger partial charge in [0, 0.05) is 27.9 Å². The van der Waals surface area contributed by atoms with Crippen LogP contribution in [0.2, 0.25) is 0 Å². The van der Waals surface area contributed by atoms with Gasteiger partial charge < -0.3 is 9.64 Å². The lowest BCUT2D eigenvalue weighted by molar-refractivity contribution is 0.487. The van der Waals surface area contributed by atoms with Crippen LogP contribution in [-0.4, -0.2) is 0 Å². The van der Waals surface area contributed by atoms with Crippen molar-refractivity contribution in [1.29, 1.82) is 0 Å². The molecule has 0 bridgehead atoms. The molecule has 2 nitrogen and oxygen atoms in total. The second-order valence-electron chi connectivity index (χ2n) is 13.6. The van der Waals surface area contributed by atoms with E-state index in [0.717, 1.165) is 57.9 Å². The maximum absolute atomic E-state index is 6.44. The number of rotatable bonds is 6. The molecule has 0 spiro atoms. The van der Waals surface area contributed by atoms with Gasteiger partial charge in [0.1, 0.15) is 11.5 Å². The summed E-state index contributed by atoms with van der Waals surface area (Å²) >= 11 is 0. The fraction of sp³-hybridized carbons (Fsp3) is 0.0400. The summed E-state index contributed by atoms with van der Waals surface area (Å²) in [7, 11) is 0. The maximum atomic E-state index is 6.44. The third-order valence-electron chi connectivity index (χ3n) is 10.5. The molecule has 8 aromatic rings. The Labute approximate surface area is 304 Å². The molecule has 0 aromatic heterocycles. The smallest absolute Gasteiger partial charge is 0.135 e. The van der Waals surface area contributed by atoms with Gasteiger partial charge in [-0.25, -0.2) is 0 Å². The van der Waals surface area contributed by atoms with Gasteiger partial charge in [-0.2, -0.15) is 0 Å². The van der Waals surface area contributed by atoms with E-state index in [9.17, 15) is 0 Å². The predicted octanol–water partition coefficient (Wildman–Crippen LogP) is 14.0. The van der Waals surface area contributed by atoms with Crippen LogP contribution >= 0.6 is 0 Å². The first-order valence-electron chi connectivity index (χ1n) is 18.1. The second-order valence-corrected chi connectivity index (χ2v) is 13.6. The third-order valence-corrected chi connectivity index (χ3v) is 10.5. The largest absolute Gasteiger partial charge is 0.456 e. The quantitative estimate of drug-likeness (QED) is 0.175. The number of nitrogens with zero attached hydrogens (tertiary/aromatic N) is 1. The minimum atomic E-state index is 0.901. The van der Waals surface area contributed by atoms with Crippen molar-refractivity contribution in [1.82, 2.24) is 0 Å². The Hall–Kier alpha value is -6.64. The fourth-order valence-electron chi connectivity index (χ4n) is 8.10. The van der Waals surface area contributed by atoms with Crippen molar-refractivity contribution in [3.05, 3.63) is 193 Å². The summed E-state index contributed by atoms with van der Waals surface area (Å²) in [4.78, 5) is 2.42. The molecule has 0 fully saturated rings. The van der Waals surface area contributed by atoms with Crippen molar-refractivity contribution in [2.75, 3.05) is 4.90 Å². The molecule has 0 amide bonds. The molecule has 0 saturated heterocycles. The maximum Gasteiger partial charge on any atom is 0.135 e. The third kappa shape index (κ3) is 5.11. The van der Waals surface area contributed by atoms with E-state index in [4.69, 9.17) is 4.74 Å². The van der Waals surface area contributed by atoms with E-state index in [1.165, 1.54) is 49.9 Å². The van der Waals surface area contributed by atoms with Crippen LogP contribution in [0.15, 0.2) is 182 Å². The molecule has 1 heterocycles. The van der Waals surface area contributed by atoms with E-state index in [1.54, 1.807) is 0 Å². The SMILES string of the molecule is C1=Cc2c(cccc2-c2ccccc2N(c2ccc(-c3ccccc3)cc2)c2cccc(-c3ccc4c5c(cccc35)-c3ccccc3O4)c2)CC1. The van der Waals surface area contributed by atoms with Crippen LogP contribution in [0, 0.1) is 0 Å². The molecular formula is C50H35NO. The van der Waals surface area contributed by atoms with Crippen LogP contribution < -0.4 is 9.64 Å².